The number of hydrogen-bond acceptors (Lipinski definition) is 6. The normalized spacial score (nSPS) is 25.0. The molecule has 0 bridgehead atoms. The second kappa shape index (κ2) is 7.04. The lowest BCUT2D eigenvalue weighted by Crippen LogP contribution is -2.65. The van der Waals surface area contributed by atoms with Gasteiger partial charge in [0.25, 0.3) is 0 Å². The number of hydrogen-bond donors (Lipinski definition) is 0. The van der Waals surface area contributed by atoms with Crippen LogP contribution in [0.15, 0.2) is 12.2 Å². The minimum Gasteiger partial charge on any atom is -0.462 e. The fourth-order valence-corrected chi connectivity index (χ4v) is 24.1. The molecule has 1 aliphatic rings. The summed E-state index contributed by atoms with van der Waals surface area (Å²) in [4.78, 5) is 11.5. The predicted octanol–water partition coefficient (Wildman–Crippen LogP) is 3.36. The van der Waals surface area contributed by atoms with Gasteiger partial charge in [0.1, 0.15) is 0 Å². The number of esters is 1. The minimum atomic E-state index is -2.57. The molecule has 0 atom stereocenters. The van der Waals surface area contributed by atoms with Gasteiger partial charge in [-0.25, -0.2) is 4.79 Å². The molecule has 1 rings (SSSR count). The maximum atomic E-state index is 11.5. The maximum Gasteiger partial charge on any atom is 0.333 e. The molecule has 6 nitrogen and oxygen atoms in total. The van der Waals surface area contributed by atoms with Gasteiger partial charge < -0.3 is 21.2 Å². The van der Waals surface area contributed by atoms with E-state index in [1.54, 1.807) is 6.92 Å². The first-order valence-corrected chi connectivity index (χ1v) is 18.8. The summed E-state index contributed by atoms with van der Waals surface area (Å²) < 4.78 is 30.5. The second-order valence-corrected chi connectivity index (χ2v) is 21.8. The van der Waals surface area contributed by atoms with E-state index in [1.165, 1.54) is 0 Å². The summed E-state index contributed by atoms with van der Waals surface area (Å²) in [7, 11) is -9.57. The standard InChI is InChI=1S/C13H30O6Si4/c1-12(2)13(14)15-10-11-23(9)18-21(5,6)16-20(3,4)17-22(7,8)19-23/h1,10-11H2,2-9H3. The van der Waals surface area contributed by atoms with Crippen molar-refractivity contribution in [1.82, 2.24) is 0 Å². The van der Waals surface area contributed by atoms with E-state index in [-0.39, 0.29) is 12.6 Å². The van der Waals surface area contributed by atoms with Gasteiger partial charge in [0.05, 0.1) is 6.61 Å². The highest BCUT2D eigenvalue weighted by Gasteiger charge is 2.52. The molecule has 0 saturated carbocycles. The summed E-state index contributed by atoms with van der Waals surface area (Å²) in [5.41, 5.74) is 0.389. The lowest BCUT2D eigenvalue weighted by atomic mass is 10.4. The third-order valence-electron chi connectivity index (χ3n) is 3.04. The van der Waals surface area contributed by atoms with E-state index < -0.39 is 34.2 Å². The van der Waals surface area contributed by atoms with Crippen molar-refractivity contribution in [3.8, 4) is 0 Å². The van der Waals surface area contributed by atoms with Crippen LogP contribution in [0.1, 0.15) is 6.92 Å². The predicted molar refractivity (Wildman–Crippen MR) is 99.0 cm³/mol. The van der Waals surface area contributed by atoms with E-state index in [1.807, 2.05) is 45.8 Å². The molecule has 0 N–H and O–H groups in total. The zero-order valence-corrected chi connectivity index (χ0v) is 19.6. The number of rotatable bonds is 4. The van der Waals surface area contributed by atoms with Crippen molar-refractivity contribution in [3.05, 3.63) is 12.2 Å². The maximum absolute atomic E-state index is 11.5. The van der Waals surface area contributed by atoms with E-state index >= 15 is 0 Å². The first-order chi connectivity index (χ1) is 10.2. The van der Waals surface area contributed by atoms with E-state index in [4.69, 9.17) is 21.2 Å². The smallest absolute Gasteiger partial charge is 0.333 e. The quantitative estimate of drug-likeness (QED) is 0.414. The zero-order valence-electron chi connectivity index (χ0n) is 15.6. The summed E-state index contributed by atoms with van der Waals surface area (Å²) in [5.74, 6) is -0.387. The van der Waals surface area contributed by atoms with Gasteiger partial charge in [-0.1, -0.05) is 6.58 Å². The second-order valence-electron chi connectivity index (χ2n) is 7.41. The fraction of sp³-hybridized carbons (Fsp3) is 0.769. The summed E-state index contributed by atoms with van der Waals surface area (Å²) in [6, 6.07) is 0.549. The van der Waals surface area contributed by atoms with Crippen molar-refractivity contribution in [1.29, 1.82) is 0 Å². The van der Waals surface area contributed by atoms with Gasteiger partial charge in [-0.2, -0.15) is 0 Å². The highest BCUT2D eigenvalue weighted by Crippen LogP contribution is 2.32. The molecule has 10 heteroatoms. The topological polar surface area (TPSA) is 63.2 Å². The van der Waals surface area contributed by atoms with Crippen molar-refractivity contribution < 1.29 is 26.0 Å². The Morgan fingerprint density at radius 3 is 1.65 bits per heavy atom. The average molecular weight is 395 g/mol. The van der Waals surface area contributed by atoms with Crippen LogP contribution in [0.4, 0.5) is 0 Å². The fourth-order valence-electron chi connectivity index (χ4n) is 2.86. The van der Waals surface area contributed by atoms with E-state index in [9.17, 15) is 4.79 Å². The van der Waals surface area contributed by atoms with E-state index in [0.29, 0.717) is 11.6 Å². The average Bonchev–Trinajstić information content (AvgIpc) is 2.20. The van der Waals surface area contributed by atoms with Crippen LogP contribution < -0.4 is 0 Å². The molecule has 1 heterocycles. The van der Waals surface area contributed by atoms with Gasteiger partial charge in [0.2, 0.25) is 0 Å². The molecule has 0 aromatic carbocycles. The Morgan fingerprint density at radius 2 is 1.26 bits per heavy atom. The van der Waals surface area contributed by atoms with Crippen LogP contribution in [0.3, 0.4) is 0 Å². The third-order valence-corrected chi connectivity index (χ3v) is 19.4. The van der Waals surface area contributed by atoms with Gasteiger partial charge in [0.15, 0.2) is 0 Å². The first-order valence-electron chi connectivity index (χ1n) is 7.79. The molecule has 1 aliphatic heterocycles. The lowest BCUT2D eigenvalue weighted by Gasteiger charge is -2.47. The minimum absolute atomic E-state index is 0.254. The Hall–Kier alpha value is -0.0825. The molecule has 0 unspecified atom stereocenters. The Balaban J connectivity index is 2.86. The molecule has 134 valence electrons. The highest BCUT2D eigenvalue weighted by molar-refractivity contribution is 6.93. The Morgan fingerprint density at radius 1 is 0.870 bits per heavy atom. The van der Waals surface area contributed by atoms with Crippen molar-refractivity contribution >= 4 is 40.2 Å². The van der Waals surface area contributed by atoms with Crippen LogP contribution in [0.25, 0.3) is 0 Å². The van der Waals surface area contributed by atoms with Gasteiger partial charge in [-0.05, 0) is 52.8 Å². The van der Waals surface area contributed by atoms with Gasteiger partial charge in [-0.15, -0.1) is 0 Å². The molecule has 0 aliphatic carbocycles. The number of carbonyl (C=O) groups excluding carboxylic acids is 1. The van der Waals surface area contributed by atoms with Crippen LogP contribution in [0.2, 0.25) is 51.9 Å². The van der Waals surface area contributed by atoms with Crippen LogP contribution in [0.5, 0.6) is 0 Å². The number of carbonyl (C=O) groups is 1. The molecule has 0 spiro atoms. The van der Waals surface area contributed by atoms with Crippen LogP contribution in [-0.2, 0) is 26.0 Å². The molecular weight excluding hydrogens is 364 g/mol. The monoisotopic (exact) mass is 394 g/mol. The summed E-state index contributed by atoms with van der Waals surface area (Å²) in [5, 5.41) is 0. The van der Waals surface area contributed by atoms with Gasteiger partial charge >= 0.3 is 40.2 Å². The molecule has 1 saturated heterocycles. The van der Waals surface area contributed by atoms with Crippen molar-refractivity contribution in [2.75, 3.05) is 6.61 Å². The van der Waals surface area contributed by atoms with Crippen LogP contribution in [0, 0.1) is 0 Å². The van der Waals surface area contributed by atoms with Gasteiger partial charge in [-0.3, -0.25) is 0 Å². The zero-order chi connectivity index (χ0) is 18.1. The molecule has 0 aromatic heterocycles. The van der Waals surface area contributed by atoms with Crippen molar-refractivity contribution in [3.63, 3.8) is 0 Å². The third kappa shape index (κ3) is 7.13. The van der Waals surface area contributed by atoms with Crippen LogP contribution >= 0.6 is 0 Å². The molecule has 0 amide bonds. The molecule has 1 fully saturated rings. The van der Waals surface area contributed by atoms with Gasteiger partial charge in [0, 0.05) is 11.6 Å². The molecular formula is C13H30O6Si4. The van der Waals surface area contributed by atoms with Crippen molar-refractivity contribution in [2.24, 2.45) is 0 Å². The summed E-state index contributed by atoms with van der Waals surface area (Å²) >= 11 is 0. The van der Waals surface area contributed by atoms with Crippen LogP contribution in [-0.4, -0.2) is 46.8 Å². The lowest BCUT2D eigenvalue weighted by molar-refractivity contribution is -0.138. The summed E-state index contributed by atoms with van der Waals surface area (Å²) in [6.07, 6.45) is 0. The Bertz CT molecular complexity index is 455. The highest BCUT2D eigenvalue weighted by atomic mass is 28.5. The van der Waals surface area contributed by atoms with E-state index in [2.05, 4.69) is 6.58 Å². The largest absolute Gasteiger partial charge is 0.462 e. The molecule has 23 heavy (non-hydrogen) atoms. The SMILES string of the molecule is C=C(C)C(=O)OCC[Si]1(C)O[Si](C)(C)O[Si](C)(C)O[Si](C)(C)O1. The molecule has 0 radical (unpaired) electrons. The summed E-state index contributed by atoms with van der Waals surface area (Å²) in [6.45, 7) is 19.6. The first kappa shape index (κ1) is 21.0. The Labute approximate surface area is 144 Å². The van der Waals surface area contributed by atoms with Crippen molar-refractivity contribution in [2.45, 2.75) is 58.8 Å². The molecule has 0 aromatic rings. The number of ether oxygens (including phenoxy) is 1. The van der Waals surface area contributed by atoms with E-state index in [0.717, 1.165) is 0 Å². The Kier molecular flexibility index (Phi) is 6.41.